The minimum absolute atomic E-state index is 0.0223. The van der Waals surface area contributed by atoms with E-state index >= 15 is 0 Å². The minimum atomic E-state index is -0.307. The number of imidazole rings is 1. The van der Waals surface area contributed by atoms with Crippen molar-refractivity contribution in [1.29, 1.82) is 0 Å². The molecule has 2 amide bonds. The number of nitrogens with zero attached hydrogens (tertiary/aromatic N) is 3. The number of nitrogens with one attached hydrogen (secondary N) is 1. The first-order chi connectivity index (χ1) is 12.6. The summed E-state index contributed by atoms with van der Waals surface area (Å²) in [6.07, 6.45) is 6.57. The molecule has 1 aromatic heterocycles. The van der Waals surface area contributed by atoms with E-state index in [-0.39, 0.29) is 30.8 Å². The number of amides is 2. The van der Waals surface area contributed by atoms with Gasteiger partial charge in [-0.05, 0) is 24.5 Å². The molecule has 0 saturated carbocycles. The number of hydrogen-bond donors (Lipinski definition) is 2. The van der Waals surface area contributed by atoms with Crippen molar-refractivity contribution >= 4 is 11.8 Å². The molecule has 3 rings (SSSR count). The Balaban J connectivity index is 1.47. The Bertz CT molecular complexity index is 737. The average molecular weight is 356 g/mol. The molecule has 0 atom stereocenters. The fourth-order valence-corrected chi connectivity index (χ4v) is 3.09. The third-order valence-electron chi connectivity index (χ3n) is 4.63. The third-order valence-corrected chi connectivity index (χ3v) is 4.63. The molecule has 7 heteroatoms. The molecule has 2 N–H and O–H groups in total. The second kappa shape index (κ2) is 8.62. The second-order valence-corrected chi connectivity index (χ2v) is 6.49. The van der Waals surface area contributed by atoms with Gasteiger partial charge in [-0.3, -0.25) is 9.59 Å². The lowest BCUT2D eigenvalue weighted by atomic mass is 10.1. The van der Waals surface area contributed by atoms with Crippen molar-refractivity contribution in [3.63, 3.8) is 0 Å². The lowest BCUT2D eigenvalue weighted by Crippen LogP contribution is -2.40. The highest BCUT2D eigenvalue weighted by molar-refractivity contribution is 5.83. The van der Waals surface area contributed by atoms with Gasteiger partial charge in [0, 0.05) is 44.9 Å². The molecule has 0 spiro atoms. The van der Waals surface area contributed by atoms with Crippen LogP contribution in [-0.4, -0.2) is 50.6 Å². The van der Waals surface area contributed by atoms with Gasteiger partial charge in [0.15, 0.2) is 0 Å². The summed E-state index contributed by atoms with van der Waals surface area (Å²) in [4.78, 5) is 30.0. The van der Waals surface area contributed by atoms with Gasteiger partial charge in [-0.2, -0.15) is 0 Å². The summed E-state index contributed by atoms with van der Waals surface area (Å²) in [6.45, 7) is 1.54. The van der Waals surface area contributed by atoms with Crippen molar-refractivity contribution in [2.24, 2.45) is 0 Å². The van der Waals surface area contributed by atoms with Crippen LogP contribution in [0, 0.1) is 0 Å². The molecule has 138 valence electrons. The number of benzene rings is 1. The van der Waals surface area contributed by atoms with Crippen LogP contribution < -0.4 is 5.32 Å². The Hall–Kier alpha value is -2.67. The number of piperidine rings is 1. The smallest absolute Gasteiger partial charge is 0.223 e. The van der Waals surface area contributed by atoms with Crippen LogP contribution in [0.25, 0.3) is 5.69 Å². The number of carbonyl (C=O) groups is 2. The monoisotopic (exact) mass is 356 g/mol. The molecular weight excluding hydrogens is 332 g/mol. The van der Waals surface area contributed by atoms with Crippen molar-refractivity contribution in [3.05, 3.63) is 48.5 Å². The minimum Gasteiger partial charge on any atom is -0.393 e. The zero-order valence-corrected chi connectivity index (χ0v) is 14.7. The van der Waals surface area contributed by atoms with Crippen LogP contribution in [-0.2, 0) is 16.1 Å². The number of aromatic nitrogens is 2. The fraction of sp³-hybridized carbons (Fsp3) is 0.421. The fourth-order valence-electron chi connectivity index (χ4n) is 3.09. The number of carbonyl (C=O) groups excluding carboxylic acids is 2. The van der Waals surface area contributed by atoms with E-state index in [1.54, 1.807) is 17.4 Å². The molecule has 2 heterocycles. The van der Waals surface area contributed by atoms with Gasteiger partial charge in [0.1, 0.15) is 0 Å². The van der Waals surface area contributed by atoms with Crippen LogP contribution in [0.4, 0.5) is 0 Å². The van der Waals surface area contributed by atoms with Crippen molar-refractivity contribution in [2.75, 3.05) is 13.1 Å². The Morgan fingerprint density at radius 1 is 1.19 bits per heavy atom. The first-order valence-corrected chi connectivity index (χ1v) is 8.92. The van der Waals surface area contributed by atoms with Gasteiger partial charge in [-0.25, -0.2) is 4.98 Å². The largest absolute Gasteiger partial charge is 0.393 e. The van der Waals surface area contributed by atoms with E-state index in [0.29, 0.717) is 32.5 Å². The molecule has 0 aliphatic carbocycles. The van der Waals surface area contributed by atoms with Gasteiger partial charge < -0.3 is 19.9 Å². The van der Waals surface area contributed by atoms with E-state index in [4.69, 9.17) is 0 Å². The van der Waals surface area contributed by atoms with Gasteiger partial charge in [-0.15, -0.1) is 0 Å². The quantitative estimate of drug-likeness (QED) is 0.815. The van der Waals surface area contributed by atoms with E-state index in [2.05, 4.69) is 10.3 Å². The van der Waals surface area contributed by atoms with Crippen molar-refractivity contribution in [3.8, 4) is 5.69 Å². The summed E-state index contributed by atoms with van der Waals surface area (Å²) in [6, 6.07) is 7.79. The summed E-state index contributed by atoms with van der Waals surface area (Å²) >= 11 is 0. The molecular formula is C19H24N4O3. The molecule has 0 unspecified atom stereocenters. The highest BCUT2D eigenvalue weighted by Gasteiger charge is 2.21. The molecule has 0 radical (unpaired) electrons. The Labute approximate surface area is 152 Å². The number of rotatable bonds is 6. The zero-order chi connectivity index (χ0) is 18.4. The number of likely N-dealkylation sites (tertiary alicyclic amines) is 1. The summed E-state index contributed by atoms with van der Waals surface area (Å²) in [5.41, 5.74) is 1.95. The predicted molar refractivity (Wildman–Crippen MR) is 96.5 cm³/mol. The second-order valence-electron chi connectivity index (χ2n) is 6.49. The lowest BCUT2D eigenvalue weighted by Gasteiger charge is -2.29. The van der Waals surface area contributed by atoms with Crippen molar-refractivity contribution in [1.82, 2.24) is 19.8 Å². The van der Waals surface area contributed by atoms with Gasteiger partial charge in [-0.1, -0.05) is 18.2 Å². The zero-order valence-electron chi connectivity index (χ0n) is 14.7. The van der Waals surface area contributed by atoms with Crippen LogP contribution in [0.15, 0.2) is 43.0 Å². The van der Waals surface area contributed by atoms with Crippen molar-refractivity contribution in [2.45, 2.75) is 38.3 Å². The summed E-state index contributed by atoms with van der Waals surface area (Å²) in [5.74, 6) is -0.165. The van der Waals surface area contributed by atoms with Gasteiger partial charge in [0.25, 0.3) is 0 Å². The first-order valence-electron chi connectivity index (χ1n) is 8.92. The lowest BCUT2D eigenvalue weighted by molar-refractivity contribution is -0.135. The third kappa shape index (κ3) is 4.70. The molecule has 0 bridgehead atoms. The van der Waals surface area contributed by atoms with Crippen molar-refractivity contribution < 1.29 is 14.7 Å². The van der Waals surface area contributed by atoms with E-state index in [0.717, 1.165) is 11.3 Å². The molecule has 2 aromatic rings. The first kappa shape index (κ1) is 18.1. The van der Waals surface area contributed by atoms with E-state index in [1.807, 2.05) is 35.0 Å². The molecule has 1 fully saturated rings. The molecule has 1 aliphatic heterocycles. The van der Waals surface area contributed by atoms with Gasteiger partial charge in [0.2, 0.25) is 11.8 Å². The number of aliphatic hydroxyl groups is 1. The number of aliphatic hydroxyl groups excluding tert-OH is 1. The van der Waals surface area contributed by atoms with Gasteiger partial charge in [0.05, 0.1) is 18.1 Å². The highest BCUT2D eigenvalue weighted by Crippen LogP contribution is 2.14. The Morgan fingerprint density at radius 2 is 1.96 bits per heavy atom. The maximum absolute atomic E-state index is 12.1. The summed E-state index contributed by atoms with van der Waals surface area (Å²) in [5, 5.41) is 12.4. The Kier molecular flexibility index (Phi) is 6.01. The van der Waals surface area contributed by atoms with E-state index in [9.17, 15) is 14.7 Å². The van der Waals surface area contributed by atoms with Crippen LogP contribution >= 0.6 is 0 Å². The summed E-state index contributed by atoms with van der Waals surface area (Å²) in [7, 11) is 0. The van der Waals surface area contributed by atoms with Gasteiger partial charge >= 0.3 is 0 Å². The Morgan fingerprint density at radius 3 is 2.69 bits per heavy atom. The molecule has 1 aliphatic rings. The van der Waals surface area contributed by atoms with Crippen LogP contribution in [0.2, 0.25) is 0 Å². The number of para-hydroxylation sites is 1. The van der Waals surface area contributed by atoms with E-state index in [1.165, 1.54) is 0 Å². The number of hydrogen-bond acceptors (Lipinski definition) is 4. The normalized spacial score (nSPS) is 15.0. The SMILES string of the molecule is O=C(CCC(=O)N1CCC(O)CC1)NCc1ccccc1-n1ccnc1. The molecule has 1 aromatic carbocycles. The van der Waals surface area contributed by atoms with Crippen LogP contribution in [0.3, 0.4) is 0 Å². The maximum atomic E-state index is 12.1. The molecule has 1 saturated heterocycles. The van der Waals surface area contributed by atoms with E-state index < -0.39 is 0 Å². The predicted octanol–water partition coefficient (Wildman–Crippen LogP) is 1.25. The average Bonchev–Trinajstić information content (AvgIpc) is 3.20. The molecule has 7 nitrogen and oxygen atoms in total. The summed E-state index contributed by atoms with van der Waals surface area (Å²) < 4.78 is 1.90. The standard InChI is InChI=1S/C19H24N4O3/c24-16-7-10-22(11-8-16)19(26)6-5-18(25)21-13-15-3-1-2-4-17(15)23-12-9-20-14-23/h1-4,9,12,14,16,24H,5-8,10-11,13H2,(H,21,25). The molecule has 26 heavy (non-hydrogen) atoms. The highest BCUT2D eigenvalue weighted by atomic mass is 16.3. The maximum Gasteiger partial charge on any atom is 0.223 e. The topological polar surface area (TPSA) is 87.5 Å². The van der Waals surface area contributed by atoms with Crippen LogP contribution in [0.1, 0.15) is 31.2 Å². The van der Waals surface area contributed by atoms with Crippen LogP contribution in [0.5, 0.6) is 0 Å².